The standard InChI is InChI=1S/C17H22N4O2/c1-3-10-22-16-8-6-5-7-14(16)12-19-17(18-4-2)20-13-15-9-11-23-21-15/h3,5-9,11H,1,4,10,12-13H2,2H3,(H2,18,19,20). The Hall–Kier alpha value is -2.76. The second kappa shape index (κ2) is 9.30. The fourth-order valence-electron chi connectivity index (χ4n) is 1.93. The normalized spacial score (nSPS) is 11.1. The van der Waals surface area contributed by atoms with Crippen molar-refractivity contribution in [3.05, 3.63) is 60.5 Å². The fraction of sp³-hybridized carbons (Fsp3) is 0.294. The molecular weight excluding hydrogens is 292 g/mol. The molecule has 0 radical (unpaired) electrons. The number of nitrogens with zero attached hydrogens (tertiary/aromatic N) is 2. The monoisotopic (exact) mass is 314 g/mol. The molecular formula is C17H22N4O2. The number of guanidine groups is 1. The topological polar surface area (TPSA) is 71.7 Å². The molecule has 2 aromatic rings. The minimum absolute atomic E-state index is 0.477. The lowest BCUT2D eigenvalue weighted by Gasteiger charge is -2.11. The van der Waals surface area contributed by atoms with Crippen LogP contribution in [0.25, 0.3) is 0 Å². The van der Waals surface area contributed by atoms with Gasteiger partial charge in [0, 0.05) is 18.2 Å². The molecule has 0 aliphatic rings. The zero-order valence-electron chi connectivity index (χ0n) is 13.3. The number of aliphatic imine (C=N–C) groups is 1. The summed E-state index contributed by atoms with van der Waals surface area (Å²) in [4.78, 5) is 4.58. The van der Waals surface area contributed by atoms with Gasteiger partial charge in [0.25, 0.3) is 0 Å². The quantitative estimate of drug-likeness (QED) is 0.445. The summed E-state index contributed by atoms with van der Waals surface area (Å²) in [6.45, 7) is 8.01. The first-order valence-electron chi connectivity index (χ1n) is 7.56. The van der Waals surface area contributed by atoms with E-state index in [2.05, 4.69) is 27.4 Å². The van der Waals surface area contributed by atoms with Crippen molar-refractivity contribution in [3.63, 3.8) is 0 Å². The van der Waals surface area contributed by atoms with E-state index in [4.69, 9.17) is 9.26 Å². The van der Waals surface area contributed by atoms with E-state index in [-0.39, 0.29) is 0 Å². The lowest BCUT2D eigenvalue weighted by molar-refractivity contribution is 0.359. The van der Waals surface area contributed by atoms with E-state index in [1.807, 2.05) is 37.3 Å². The number of hydrogen-bond acceptors (Lipinski definition) is 4. The van der Waals surface area contributed by atoms with Crippen molar-refractivity contribution in [2.75, 3.05) is 13.2 Å². The van der Waals surface area contributed by atoms with Crippen LogP contribution in [0.4, 0.5) is 0 Å². The maximum atomic E-state index is 5.65. The molecule has 2 rings (SSSR count). The van der Waals surface area contributed by atoms with Crippen LogP contribution in [-0.4, -0.2) is 24.3 Å². The summed E-state index contributed by atoms with van der Waals surface area (Å²) in [7, 11) is 0. The summed E-state index contributed by atoms with van der Waals surface area (Å²) in [5.74, 6) is 1.54. The van der Waals surface area contributed by atoms with Gasteiger partial charge in [-0.15, -0.1) is 0 Å². The van der Waals surface area contributed by atoms with E-state index < -0.39 is 0 Å². The van der Waals surface area contributed by atoms with E-state index in [0.717, 1.165) is 23.6 Å². The highest BCUT2D eigenvalue weighted by atomic mass is 16.5. The van der Waals surface area contributed by atoms with Crippen molar-refractivity contribution in [1.82, 2.24) is 15.8 Å². The predicted octanol–water partition coefficient (Wildman–Crippen LogP) is 2.49. The van der Waals surface area contributed by atoms with Crippen LogP contribution in [0.15, 0.2) is 58.8 Å². The molecule has 122 valence electrons. The molecule has 0 fully saturated rings. The Morgan fingerprint density at radius 2 is 2.22 bits per heavy atom. The molecule has 0 amide bonds. The van der Waals surface area contributed by atoms with E-state index in [9.17, 15) is 0 Å². The van der Waals surface area contributed by atoms with Gasteiger partial charge < -0.3 is 19.9 Å². The number of aromatic nitrogens is 1. The highest BCUT2D eigenvalue weighted by Gasteiger charge is 2.04. The Labute approximate surface area is 136 Å². The van der Waals surface area contributed by atoms with E-state index >= 15 is 0 Å². The number of benzene rings is 1. The number of para-hydroxylation sites is 1. The number of ether oxygens (including phenoxy) is 1. The number of nitrogens with one attached hydrogen (secondary N) is 2. The highest BCUT2D eigenvalue weighted by Crippen LogP contribution is 2.18. The molecule has 1 aromatic carbocycles. The third-order valence-corrected chi connectivity index (χ3v) is 3.01. The van der Waals surface area contributed by atoms with Gasteiger partial charge in [-0.05, 0) is 13.0 Å². The van der Waals surface area contributed by atoms with Crippen molar-refractivity contribution < 1.29 is 9.26 Å². The largest absolute Gasteiger partial charge is 0.489 e. The molecule has 0 saturated carbocycles. The molecule has 0 spiro atoms. The third-order valence-electron chi connectivity index (χ3n) is 3.01. The molecule has 23 heavy (non-hydrogen) atoms. The molecule has 0 unspecified atom stereocenters. The average Bonchev–Trinajstić information content (AvgIpc) is 3.09. The Balaban J connectivity index is 2.00. The Kier molecular flexibility index (Phi) is 6.71. The van der Waals surface area contributed by atoms with Crippen LogP contribution in [0, 0.1) is 0 Å². The lowest BCUT2D eigenvalue weighted by Crippen LogP contribution is -2.36. The second-order valence-corrected chi connectivity index (χ2v) is 4.75. The first-order valence-corrected chi connectivity index (χ1v) is 7.56. The van der Waals surface area contributed by atoms with Crippen LogP contribution in [0.5, 0.6) is 5.75 Å². The van der Waals surface area contributed by atoms with Gasteiger partial charge in [0.1, 0.15) is 24.3 Å². The summed E-state index contributed by atoms with van der Waals surface area (Å²) in [6.07, 6.45) is 3.28. The van der Waals surface area contributed by atoms with Crippen molar-refractivity contribution >= 4 is 5.96 Å². The van der Waals surface area contributed by atoms with Crippen molar-refractivity contribution in [3.8, 4) is 5.75 Å². The summed E-state index contributed by atoms with van der Waals surface area (Å²) < 4.78 is 10.5. The van der Waals surface area contributed by atoms with Crippen molar-refractivity contribution in [1.29, 1.82) is 0 Å². The van der Waals surface area contributed by atoms with Gasteiger partial charge in [0.05, 0.1) is 13.1 Å². The molecule has 0 aliphatic heterocycles. The molecule has 6 nitrogen and oxygen atoms in total. The summed E-state index contributed by atoms with van der Waals surface area (Å²) in [5.41, 5.74) is 1.85. The van der Waals surface area contributed by atoms with Crippen LogP contribution < -0.4 is 15.4 Å². The summed E-state index contributed by atoms with van der Waals surface area (Å²) in [5, 5.41) is 10.3. The van der Waals surface area contributed by atoms with Gasteiger partial charge in [-0.2, -0.15) is 0 Å². The van der Waals surface area contributed by atoms with E-state index in [1.54, 1.807) is 12.3 Å². The van der Waals surface area contributed by atoms with Gasteiger partial charge in [-0.25, -0.2) is 4.99 Å². The minimum Gasteiger partial charge on any atom is -0.489 e. The van der Waals surface area contributed by atoms with Crippen LogP contribution in [0.2, 0.25) is 0 Å². The number of rotatable bonds is 8. The fourth-order valence-corrected chi connectivity index (χ4v) is 1.93. The predicted molar refractivity (Wildman–Crippen MR) is 90.3 cm³/mol. The Bertz CT molecular complexity index is 623. The SMILES string of the molecule is C=CCOc1ccccc1CN=C(NCC)NCc1ccon1. The Morgan fingerprint density at radius 1 is 1.35 bits per heavy atom. The van der Waals surface area contributed by atoms with Gasteiger partial charge in [0.2, 0.25) is 0 Å². The van der Waals surface area contributed by atoms with Crippen molar-refractivity contribution in [2.24, 2.45) is 4.99 Å². The maximum Gasteiger partial charge on any atom is 0.191 e. The molecule has 2 N–H and O–H groups in total. The number of hydrogen-bond donors (Lipinski definition) is 2. The Morgan fingerprint density at radius 3 is 2.96 bits per heavy atom. The smallest absolute Gasteiger partial charge is 0.191 e. The molecule has 6 heteroatoms. The minimum atomic E-state index is 0.477. The second-order valence-electron chi connectivity index (χ2n) is 4.75. The summed E-state index contributed by atoms with van der Waals surface area (Å²) >= 11 is 0. The van der Waals surface area contributed by atoms with Gasteiger partial charge in [0.15, 0.2) is 5.96 Å². The molecule has 0 aliphatic carbocycles. The molecule has 0 saturated heterocycles. The average molecular weight is 314 g/mol. The third kappa shape index (κ3) is 5.50. The maximum absolute atomic E-state index is 5.65. The van der Waals surface area contributed by atoms with E-state index in [0.29, 0.717) is 25.7 Å². The van der Waals surface area contributed by atoms with Gasteiger partial charge in [-0.3, -0.25) is 0 Å². The zero-order chi connectivity index (χ0) is 16.3. The lowest BCUT2D eigenvalue weighted by atomic mass is 10.2. The van der Waals surface area contributed by atoms with E-state index in [1.165, 1.54) is 0 Å². The molecule has 1 heterocycles. The van der Waals surface area contributed by atoms with Crippen LogP contribution in [0.3, 0.4) is 0 Å². The zero-order valence-corrected chi connectivity index (χ0v) is 13.3. The molecule has 0 atom stereocenters. The van der Waals surface area contributed by atoms with Gasteiger partial charge >= 0.3 is 0 Å². The van der Waals surface area contributed by atoms with Gasteiger partial charge in [-0.1, -0.05) is 36.0 Å². The molecule has 1 aromatic heterocycles. The molecule has 0 bridgehead atoms. The first kappa shape index (κ1) is 16.6. The highest BCUT2D eigenvalue weighted by molar-refractivity contribution is 5.79. The van der Waals surface area contributed by atoms with Crippen LogP contribution in [0.1, 0.15) is 18.2 Å². The summed E-state index contributed by atoms with van der Waals surface area (Å²) in [6, 6.07) is 9.67. The van der Waals surface area contributed by atoms with Crippen LogP contribution in [-0.2, 0) is 13.1 Å². The van der Waals surface area contributed by atoms with Crippen LogP contribution >= 0.6 is 0 Å². The first-order chi connectivity index (χ1) is 11.3. The van der Waals surface area contributed by atoms with Crippen molar-refractivity contribution in [2.45, 2.75) is 20.0 Å².